The lowest BCUT2D eigenvalue weighted by molar-refractivity contribution is 0.0708. The van der Waals surface area contributed by atoms with Crippen LogP contribution in [0.2, 0.25) is 0 Å². The fourth-order valence-electron chi connectivity index (χ4n) is 1.73. The van der Waals surface area contributed by atoms with E-state index in [2.05, 4.69) is 37.7 Å². The van der Waals surface area contributed by atoms with Crippen molar-refractivity contribution in [3.05, 3.63) is 18.1 Å². The van der Waals surface area contributed by atoms with Crippen LogP contribution < -0.4 is 5.73 Å². The van der Waals surface area contributed by atoms with Crippen LogP contribution in [-0.2, 0) is 0 Å². The number of nitrogens with zero attached hydrogens (tertiary/aromatic N) is 3. The number of carbonyl (C=O) groups excluding carboxylic acids is 1. The average molecular weight is 250 g/mol. The zero-order valence-electron chi connectivity index (χ0n) is 11.6. The maximum Gasteiger partial charge on any atom is 0.274 e. The van der Waals surface area contributed by atoms with Gasteiger partial charge in [-0.2, -0.15) is 0 Å². The molecule has 0 spiro atoms. The molecule has 100 valence electrons. The molecule has 0 aromatic carbocycles. The van der Waals surface area contributed by atoms with Crippen LogP contribution >= 0.6 is 0 Å². The number of aromatic nitrogens is 2. The van der Waals surface area contributed by atoms with Gasteiger partial charge in [-0.15, -0.1) is 0 Å². The Bertz CT molecular complexity index is 376. The molecule has 0 atom stereocenters. The highest BCUT2D eigenvalue weighted by Crippen LogP contribution is 2.08. The van der Waals surface area contributed by atoms with Gasteiger partial charge < -0.3 is 10.6 Å². The van der Waals surface area contributed by atoms with Crippen molar-refractivity contribution in [3.8, 4) is 0 Å². The number of carbonyl (C=O) groups is 1. The normalized spacial score (nSPS) is 11.0. The molecule has 1 aromatic heterocycles. The number of nitrogen functional groups attached to an aromatic ring is 1. The maximum atomic E-state index is 12.3. The molecule has 0 bridgehead atoms. The van der Waals surface area contributed by atoms with E-state index in [1.165, 1.54) is 12.4 Å². The first-order valence-electron chi connectivity index (χ1n) is 6.27. The van der Waals surface area contributed by atoms with E-state index in [1.54, 1.807) is 0 Å². The summed E-state index contributed by atoms with van der Waals surface area (Å²) in [6.45, 7) is 9.82. The topological polar surface area (TPSA) is 72.1 Å². The largest absolute Gasteiger partial charge is 0.382 e. The van der Waals surface area contributed by atoms with Gasteiger partial charge in [-0.1, -0.05) is 27.7 Å². The molecule has 0 saturated heterocycles. The van der Waals surface area contributed by atoms with Crippen molar-refractivity contribution in [2.75, 3.05) is 18.8 Å². The smallest absolute Gasteiger partial charge is 0.274 e. The Morgan fingerprint density at radius 1 is 1.17 bits per heavy atom. The third kappa shape index (κ3) is 4.31. The Hall–Kier alpha value is -1.65. The second-order valence-corrected chi connectivity index (χ2v) is 5.32. The van der Waals surface area contributed by atoms with Crippen LogP contribution in [-0.4, -0.2) is 33.9 Å². The van der Waals surface area contributed by atoms with E-state index in [1.807, 2.05) is 4.90 Å². The Kier molecular flexibility index (Phi) is 5.07. The first-order chi connectivity index (χ1) is 8.40. The third-order valence-electron chi connectivity index (χ3n) is 2.35. The summed E-state index contributed by atoms with van der Waals surface area (Å²) in [7, 11) is 0. The van der Waals surface area contributed by atoms with E-state index in [0.29, 0.717) is 23.3 Å². The van der Waals surface area contributed by atoms with Gasteiger partial charge in [0.15, 0.2) is 0 Å². The van der Waals surface area contributed by atoms with Gasteiger partial charge >= 0.3 is 0 Å². The number of nitrogens with two attached hydrogens (primary N) is 1. The molecular weight excluding hydrogens is 228 g/mol. The molecule has 0 aliphatic carbocycles. The molecule has 0 aliphatic rings. The summed E-state index contributed by atoms with van der Waals surface area (Å²) in [6, 6.07) is 0. The number of rotatable bonds is 5. The predicted molar refractivity (Wildman–Crippen MR) is 72.0 cm³/mol. The maximum absolute atomic E-state index is 12.3. The van der Waals surface area contributed by atoms with Gasteiger partial charge in [-0.3, -0.25) is 4.79 Å². The van der Waals surface area contributed by atoms with Crippen LogP contribution in [0, 0.1) is 11.8 Å². The van der Waals surface area contributed by atoms with E-state index in [-0.39, 0.29) is 5.91 Å². The van der Waals surface area contributed by atoms with Crippen LogP contribution in [0.4, 0.5) is 5.82 Å². The molecule has 0 radical (unpaired) electrons. The second kappa shape index (κ2) is 6.33. The molecule has 1 amide bonds. The van der Waals surface area contributed by atoms with E-state index < -0.39 is 0 Å². The summed E-state index contributed by atoms with van der Waals surface area (Å²) < 4.78 is 0. The number of hydrogen-bond donors (Lipinski definition) is 1. The van der Waals surface area contributed by atoms with Crippen LogP contribution in [0.15, 0.2) is 12.4 Å². The van der Waals surface area contributed by atoms with Gasteiger partial charge in [-0.25, -0.2) is 9.97 Å². The molecule has 1 aromatic rings. The lowest BCUT2D eigenvalue weighted by atomic mass is 10.1. The summed E-state index contributed by atoms with van der Waals surface area (Å²) in [5.41, 5.74) is 5.82. The monoisotopic (exact) mass is 250 g/mol. The SMILES string of the molecule is CC(C)CN(CC(C)C)C(=O)c1cnc(N)cn1. The van der Waals surface area contributed by atoms with E-state index in [0.717, 1.165) is 13.1 Å². The summed E-state index contributed by atoms with van der Waals surface area (Å²) in [6.07, 6.45) is 2.85. The summed E-state index contributed by atoms with van der Waals surface area (Å²) in [4.78, 5) is 22.1. The van der Waals surface area contributed by atoms with Crippen molar-refractivity contribution in [2.45, 2.75) is 27.7 Å². The Labute approximate surface area is 108 Å². The van der Waals surface area contributed by atoms with Crippen molar-refractivity contribution in [2.24, 2.45) is 11.8 Å². The summed E-state index contributed by atoms with van der Waals surface area (Å²) >= 11 is 0. The minimum atomic E-state index is -0.0788. The third-order valence-corrected chi connectivity index (χ3v) is 2.35. The van der Waals surface area contributed by atoms with Gasteiger partial charge in [-0.05, 0) is 11.8 Å². The summed E-state index contributed by atoms with van der Waals surface area (Å²) in [5, 5.41) is 0. The molecular formula is C13H22N4O. The zero-order valence-corrected chi connectivity index (χ0v) is 11.6. The highest BCUT2D eigenvalue weighted by atomic mass is 16.2. The molecule has 2 N–H and O–H groups in total. The molecule has 18 heavy (non-hydrogen) atoms. The highest BCUT2D eigenvalue weighted by Gasteiger charge is 2.19. The van der Waals surface area contributed by atoms with E-state index in [9.17, 15) is 4.79 Å². The molecule has 1 rings (SSSR count). The predicted octanol–water partition coefficient (Wildman–Crippen LogP) is 1.81. The Morgan fingerprint density at radius 3 is 2.11 bits per heavy atom. The van der Waals surface area contributed by atoms with Gasteiger partial charge in [0.2, 0.25) is 0 Å². The first kappa shape index (κ1) is 14.4. The standard InChI is InChI=1S/C13H22N4O/c1-9(2)7-17(8-10(3)4)13(18)11-5-16-12(14)6-15-11/h5-6,9-10H,7-8H2,1-4H3,(H2,14,16). The molecule has 1 heterocycles. The fourth-order valence-corrected chi connectivity index (χ4v) is 1.73. The zero-order chi connectivity index (χ0) is 13.7. The lowest BCUT2D eigenvalue weighted by Crippen LogP contribution is -2.37. The van der Waals surface area contributed by atoms with Crippen molar-refractivity contribution in [1.29, 1.82) is 0 Å². The van der Waals surface area contributed by atoms with Gasteiger partial charge in [0.1, 0.15) is 11.5 Å². The quantitative estimate of drug-likeness (QED) is 0.865. The molecule has 5 nitrogen and oxygen atoms in total. The Morgan fingerprint density at radius 2 is 1.72 bits per heavy atom. The van der Waals surface area contributed by atoms with Crippen LogP contribution in [0.5, 0.6) is 0 Å². The number of hydrogen-bond acceptors (Lipinski definition) is 4. The van der Waals surface area contributed by atoms with Gasteiger partial charge in [0.05, 0.1) is 12.4 Å². The van der Waals surface area contributed by atoms with Crippen LogP contribution in [0.1, 0.15) is 38.2 Å². The van der Waals surface area contributed by atoms with Crippen LogP contribution in [0.25, 0.3) is 0 Å². The molecule has 0 saturated carbocycles. The van der Waals surface area contributed by atoms with Gasteiger partial charge in [0.25, 0.3) is 5.91 Å². The van der Waals surface area contributed by atoms with Crippen molar-refractivity contribution < 1.29 is 4.79 Å². The lowest BCUT2D eigenvalue weighted by Gasteiger charge is -2.25. The molecule has 0 aliphatic heterocycles. The number of anilines is 1. The minimum Gasteiger partial charge on any atom is -0.382 e. The highest BCUT2D eigenvalue weighted by molar-refractivity contribution is 5.92. The average Bonchev–Trinajstić information content (AvgIpc) is 2.27. The second-order valence-electron chi connectivity index (χ2n) is 5.32. The molecule has 5 heteroatoms. The van der Waals surface area contributed by atoms with Gasteiger partial charge in [0, 0.05) is 13.1 Å². The van der Waals surface area contributed by atoms with Crippen molar-refractivity contribution >= 4 is 11.7 Å². The molecule has 0 fully saturated rings. The van der Waals surface area contributed by atoms with E-state index in [4.69, 9.17) is 5.73 Å². The number of amides is 1. The summed E-state index contributed by atoms with van der Waals surface area (Å²) in [5.74, 6) is 1.10. The molecule has 0 unspecified atom stereocenters. The first-order valence-corrected chi connectivity index (χ1v) is 6.27. The van der Waals surface area contributed by atoms with E-state index >= 15 is 0 Å². The minimum absolute atomic E-state index is 0.0788. The fraction of sp³-hybridized carbons (Fsp3) is 0.615. The van der Waals surface area contributed by atoms with Crippen molar-refractivity contribution in [3.63, 3.8) is 0 Å². The van der Waals surface area contributed by atoms with Crippen LogP contribution in [0.3, 0.4) is 0 Å². The van der Waals surface area contributed by atoms with Crippen molar-refractivity contribution in [1.82, 2.24) is 14.9 Å². The Balaban J connectivity index is 2.83.